The number of anilines is 2. The summed E-state index contributed by atoms with van der Waals surface area (Å²) >= 11 is 0. The van der Waals surface area contributed by atoms with Crippen LogP contribution in [0, 0.1) is 0 Å². The molecule has 3 nitrogen and oxygen atoms in total. The third kappa shape index (κ3) is 2.74. The van der Waals surface area contributed by atoms with Crippen LogP contribution in [0.2, 0.25) is 0 Å². The van der Waals surface area contributed by atoms with Crippen molar-refractivity contribution in [3.8, 4) is 0 Å². The molecule has 4 heteroatoms. The van der Waals surface area contributed by atoms with Gasteiger partial charge < -0.3 is 11.1 Å². The smallest absolute Gasteiger partial charge is 0.128 e. The highest BCUT2D eigenvalue weighted by atomic mass is 19.1. The Hall–Kier alpha value is -1.32. The van der Waals surface area contributed by atoms with Gasteiger partial charge in [-0.15, -0.1) is 0 Å². The van der Waals surface area contributed by atoms with Crippen LogP contribution in [0.1, 0.15) is 6.42 Å². The van der Waals surface area contributed by atoms with Gasteiger partial charge in [-0.25, -0.2) is 4.98 Å². The highest BCUT2D eigenvalue weighted by molar-refractivity contribution is 5.41. The van der Waals surface area contributed by atoms with Crippen LogP contribution in [-0.4, -0.2) is 18.2 Å². The van der Waals surface area contributed by atoms with E-state index in [1.807, 2.05) is 0 Å². The van der Waals surface area contributed by atoms with Crippen molar-refractivity contribution in [2.24, 2.45) is 0 Å². The molecule has 0 unspecified atom stereocenters. The van der Waals surface area contributed by atoms with Crippen molar-refractivity contribution in [2.45, 2.75) is 6.42 Å². The van der Waals surface area contributed by atoms with Crippen molar-refractivity contribution in [3.05, 3.63) is 18.2 Å². The Balaban J connectivity index is 2.41. The Morgan fingerprint density at radius 1 is 1.50 bits per heavy atom. The number of hydrogen-bond acceptors (Lipinski definition) is 3. The third-order valence-electron chi connectivity index (χ3n) is 1.39. The maximum atomic E-state index is 11.7. The lowest BCUT2D eigenvalue weighted by Gasteiger charge is -2.03. The molecular formula is C8H12FN3. The highest BCUT2D eigenvalue weighted by Gasteiger charge is 1.92. The minimum absolute atomic E-state index is 0.310. The fourth-order valence-corrected chi connectivity index (χ4v) is 0.833. The first kappa shape index (κ1) is 8.77. The van der Waals surface area contributed by atoms with E-state index in [-0.39, 0.29) is 6.67 Å². The molecule has 3 N–H and O–H groups in total. The number of nitrogen functional groups attached to an aromatic ring is 1. The zero-order valence-corrected chi connectivity index (χ0v) is 6.76. The SMILES string of the molecule is Nc1cccc(NCCCF)n1. The number of pyridine rings is 1. The molecule has 0 saturated carbocycles. The molecule has 0 bridgehead atoms. The number of nitrogens with two attached hydrogens (primary N) is 1. The van der Waals surface area contributed by atoms with E-state index in [0.717, 1.165) is 0 Å². The van der Waals surface area contributed by atoms with E-state index in [9.17, 15) is 4.39 Å². The Bertz CT molecular complexity index is 239. The van der Waals surface area contributed by atoms with Crippen molar-refractivity contribution in [3.63, 3.8) is 0 Å². The van der Waals surface area contributed by atoms with Gasteiger partial charge in [0.25, 0.3) is 0 Å². The van der Waals surface area contributed by atoms with Gasteiger partial charge in [-0.1, -0.05) is 6.07 Å². The van der Waals surface area contributed by atoms with Crippen LogP contribution in [0.5, 0.6) is 0 Å². The van der Waals surface area contributed by atoms with E-state index < -0.39 is 0 Å². The van der Waals surface area contributed by atoms with E-state index >= 15 is 0 Å². The van der Waals surface area contributed by atoms with E-state index in [1.165, 1.54) is 0 Å². The molecule has 12 heavy (non-hydrogen) atoms. The van der Waals surface area contributed by atoms with Gasteiger partial charge in [0.2, 0.25) is 0 Å². The van der Waals surface area contributed by atoms with Gasteiger partial charge in [0, 0.05) is 6.54 Å². The van der Waals surface area contributed by atoms with E-state index in [1.54, 1.807) is 18.2 Å². The van der Waals surface area contributed by atoms with Gasteiger partial charge in [-0.3, -0.25) is 4.39 Å². The monoisotopic (exact) mass is 169 g/mol. The molecule has 0 fully saturated rings. The van der Waals surface area contributed by atoms with Gasteiger partial charge in [-0.2, -0.15) is 0 Å². The van der Waals surface area contributed by atoms with Gasteiger partial charge in [0.1, 0.15) is 11.6 Å². The molecule has 0 aliphatic rings. The Labute approximate surface area is 70.8 Å². The summed E-state index contributed by atoms with van der Waals surface area (Å²) in [7, 11) is 0. The van der Waals surface area contributed by atoms with Gasteiger partial charge >= 0.3 is 0 Å². The van der Waals surface area contributed by atoms with E-state index in [2.05, 4.69) is 10.3 Å². The molecule has 66 valence electrons. The summed E-state index contributed by atoms with van der Waals surface area (Å²) < 4.78 is 11.7. The molecule has 1 aromatic rings. The number of rotatable bonds is 4. The second-order valence-electron chi connectivity index (χ2n) is 2.42. The van der Waals surface area contributed by atoms with Crippen molar-refractivity contribution >= 4 is 11.6 Å². The fraction of sp³-hybridized carbons (Fsp3) is 0.375. The minimum Gasteiger partial charge on any atom is -0.384 e. The van der Waals surface area contributed by atoms with Gasteiger partial charge in [-0.05, 0) is 18.6 Å². The van der Waals surface area contributed by atoms with Crippen molar-refractivity contribution in [1.29, 1.82) is 0 Å². The molecule has 1 rings (SSSR count). The van der Waals surface area contributed by atoms with Crippen LogP contribution in [0.25, 0.3) is 0 Å². The second kappa shape index (κ2) is 4.54. The lowest BCUT2D eigenvalue weighted by Crippen LogP contribution is -2.04. The predicted molar refractivity (Wildman–Crippen MR) is 47.7 cm³/mol. The van der Waals surface area contributed by atoms with E-state index in [4.69, 9.17) is 5.73 Å². The second-order valence-corrected chi connectivity index (χ2v) is 2.42. The summed E-state index contributed by atoms with van der Waals surface area (Å²) in [4.78, 5) is 3.99. The Morgan fingerprint density at radius 3 is 3.00 bits per heavy atom. The molecule has 1 aromatic heterocycles. The number of halogens is 1. The summed E-state index contributed by atoms with van der Waals surface area (Å²) in [5.74, 6) is 1.17. The van der Waals surface area contributed by atoms with Crippen LogP contribution in [0.3, 0.4) is 0 Å². The topological polar surface area (TPSA) is 50.9 Å². The van der Waals surface area contributed by atoms with Crippen molar-refractivity contribution in [1.82, 2.24) is 4.98 Å². The van der Waals surface area contributed by atoms with E-state index in [0.29, 0.717) is 24.6 Å². The third-order valence-corrected chi connectivity index (χ3v) is 1.39. The number of nitrogens with zero attached hydrogens (tertiary/aromatic N) is 1. The number of hydrogen-bond donors (Lipinski definition) is 2. The molecule has 0 saturated heterocycles. The maximum Gasteiger partial charge on any atom is 0.128 e. The summed E-state index contributed by atoms with van der Waals surface area (Å²) in [6, 6.07) is 5.31. The predicted octanol–water partition coefficient (Wildman–Crippen LogP) is 1.44. The quantitative estimate of drug-likeness (QED) is 0.670. The summed E-state index contributed by atoms with van der Waals surface area (Å²) in [5.41, 5.74) is 5.44. The molecule has 0 aliphatic heterocycles. The molecule has 0 amide bonds. The first-order chi connectivity index (χ1) is 5.83. The van der Waals surface area contributed by atoms with Crippen molar-refractivity contribution in [2.75, 3.05) is 24.3 Å². The Morgan fingerprint density at radius 2 is 2.33 bits per heavy atom. The number of alkyl halides is 1. The fourth-order valence-electron chi connectivity index (χ4n) is 0.833. The average molecular weight is 169 g/mol. The first-order valence-electron chi connectivity index (χ1n) is 3.85. The van der Waals surface area contributed by atoms with Crippen LogP contribution >= 0.6 is 0 Å². The molecule has 0 radical (unpaired) electrons. The average Bonchev–Trinajstić information content (AvgIpc) is 2.05. The van der Waals surface area contributed by atoms with Crippen LogP contribution < -0.4 is 11.1 Å². The van der Waals surface area contributed by atoms with Crippen molar-refractivity contribution < 1.29 is 4.39 Å². The van der Waals surface area contributed by atoms with Crippen LogP contribution in [-0.2, 0) is 0 Å². The standard InChI is InChI=1S/C8H12FN3/c9-5-2-6-11-8-4-1-3-7(10)12-8/h1,3-4H,2,5-6H2,(H3,10,11,12). The van der Waals surface area contributed by atoms with Gasteiger partial charge in [0.15, 0.2) is 0 Å². The normalized spacial score (nSPS) is 9.75. The lowest BCUT2D eigenvalue weighted by atomic mass is 10.4. The molecule has 0 aromatic carbocycles. The molecule has 0 spiro atoms. The number of aromatic nitrogens is 1. The summed E-state index contributed by atoms with van der Waals surface area (Å²) in [6.07, 6.45) is 0.497. The summed E-state index contributed by atoms with van der Waals surface area (Å²) in [5, 5.41) is 2.96. The van der Waals surface area contributed by atoms with Gasteiger partial charge in [0.05, 0.1) is 6.67 Å². The summed E-state index contributed by atoms with van der Waals surface area (Å²) in [6.45, 7) is 0.280. The highest BCUT2D eigenvalue weighted by Crippen LogP contribution is 2.05. The maximum absolute atomic E-state index is 11.7. The van der Waals surface area contributed by atoms with Crippen LogP contribution in [0.15, 0.2) is 18.2 Å². The first-order valence-corrected chi connectivity index (χ1v) is 3.85. The lowest BCUT2D eigenvalue weighted by molar-refractivity contribution is 0.481. The molecule has 1 heterocycles. The zero-order valence-electron chi connectivity index (χ0n) is 6.76. The number of nitrogens with one attached hydrogen (secondary N) is 1. The van der Waals surface area contributed by atoms with Crippen LogP contribution in [0.4, 0.5) is 16.0 Å². The zero-order chi connectivity index (χ0) is 8.81. The minimum atomic E-state index is -0.310. The molecule has 0 atom stereocenters. The molecule has 0 aliphatic carbocycles. The Kier molecular flexibility index (Phi) is 3.32. The molecular weight excluding hydrogens is 157 g/mol. The largest absolute Gasteiger partial charge is 0.384 e.